The molecule has 0 aliphatic carbocycles. The number of benzene rings is 1. The van der Waals surface area contributed by atoms with Gasteiger partial charge in [0, 0.05) is 19.1 Å². The molecule has 0 fully saturated rings. The highest BCUT2D eigenvalue weighted by Crippen LogP contribution is 2.28. The summed E-state index contributed by atoms with van der Waals surface area (Å²) in [7, 11) is 4.29. The Morgan fingerprint density at radius 2 is 2.14 bits per heavy atom. The second kappa shape index (κ2) is 3.71. The van der Waals surface area contributed by atoms with Gasteiger partial charge in [-0.15, -0.1) is 0 Å². The fraction of sp³-hybridized carbons (Fsp3) is 0.500. The number of nitrogens with zero attached hydrogens (tertiary/aromatic N) is 1. The van der Waals surface area contributed by atoms with Gasteiger partial charge in [0.15, 0.2) is 0 Å². The molecule has 0 unspecified atom stereocenters. The van der Waals surface area contributed by atoms with Crippen molar-refractivity contribution in [2.45, 2.75) is 19.5 Å². The van der Waals surface area contributed by atoms with E-state index < -0.39 is 0 Å². The molecule has 1 heterocycles. The van der Waals surface area contributed by atoms with Crippen LogP contribution < -0.4 is 5.32 Å². The minimum Gasteiger partial charge on any atom is -0.311 e. The molecule has 14 heavy (non-hydrogen) atoms. The molecule has 0 radical (unpaired) electrons. The lowest BCUT2D eigenvalue weighted by molar-refractivity contribution is 0.275. The highest BCUT2D eigenvalue weighted by molar-refractivity contribution is 5.38. The Bertz CT molecular complexity index is 331. The van der Waals surface area contributed by atoms with Gasteiger partial charge in [0.2, 0.25) is 0 Å². The summed E-state index contributed by atoms with van der Waals surface area (Å²) >= 11 is 0. The van der Waals surface area contributed by atoms with Crippen LogP contribution in [0.5, 0.6) is 0 Å². The van der Waals surface area contributed by atoms with Crippen LogP contribution in [0.15, 0.2) is 18.2 Å². The van der Waals surface area contributed by atoms with Crippen molar-refractivity contribution < 1.29 is 0 Å². The zero-order chi connectivity index (χ0) is 10.1. The number of aryl methyl sites for hydroxylation is 1. The summed E-state index contributed by atoms with van der Waals surface area (Å²) in [6.07, 6.45) is 0. The molecule has 0 bridgehead atoms. The van der Waals surface area contributed by atoms with E-state index in [2.05, 4.69) is 49.4 Å². The van der Waals surface area contributed by atoms with Gasteiger partial charge < -0.3 is 10.2 Å². The van der Waals surface area contributed by atoms with E-state index in [-0.39, 0.29) is 0 Å². The molecule has 0 aromatic heterocycles. The van der Waals surface area contributed by atoms with Crippen molar-refractivity contribution in [1.82, 2.24) is 10.2 Å². The lowest BCUT2D eigenvalue weighted by Gasteiger charge is -2.32. The van der Waals surface area contributed by atoms with Crippen LogP contribution in [0.3, 0.4) is 0 Å². The summed E-state index contributed by atoms with van der Waals surface area (Å²) in [6, 6.07) is 7.11. The van der Waals surface area contributed by atoms with Crippen molar-refractivity contribution in [3.63, 3.8) is 0 Å². The number of hydrogen-bond donors (Lipinski definition) is 1. The summed E-state index contributed by atoms with van der Waals surface area (Å²) in [4.78, 5) is 2.29. The number of fused-ring (bicyclic) bond motifs is 1. The lowest BCUT2D eigenvalue weighted by Crippen LogP contribution is -2.36. The molecule has 1 aliphatic rings. The second-order valence-corrected chi connectivity index (χ2v) is 4.26. The normalized spacial score (nSPS) is 21.0. The zero-order valence-corrected chi connectivity index (χ0v) is 9.17. The van der Waals surface area contributed by atoms with Crippen LogP contribution in [0.4, 0.5) is 0 Å². The van der Waals surface area contributed by atoms with E-state index in [1.54, 1.807) is 0 Å². The molecule has 0 spiro atoms. The molecular formula is C12H18N2. The van der Waals surface area contributed by atoms with Crippen molar-refractivity contribution in [3.8, 4) is 0 Å². The first kappa shape index (κ1) is 9.69. The van der Waals surface area contributed by atoms with E-state index in [9.17, 15) is 0 Å². The number of nitrogens with one attached hydrogen (secondary N) is 1. The predicted octanol–water partition coefficient (Wildman–Crippen LogP) is 1.70. The Hall–Kier alpha value is -0.860. The largest absolute Gasteiger partial charge is 0.311 e. The van der Waals surface area contributed by atoms with Crippen molar-refractivity contribution >= 4 is 0 Å². The van der Waals surface area contributed by atoms with E-state index >= 15 is 0 Å². The fourth-order valence-electron chi connectivity index (χ4n) is 2.26. The van der Waals surface area contributed by atoms with E-state index in [1.165, 1.54) is 16.7 Å². The van der Waals surface area contributed by atoms with Crippen LogP contribution in [0, 0.1) is 6.92 Å². The van der Waals surface area contributed by atoms with Gasteiger partial charge >= 0.3 is 0 Å². The van der Waals surface area contributed by atoms with Gasteiger partial charge in [-0.2, -0.15) is 0 Å². The maximum atomic E-state index is 3.46. The quantitative estimate of drug-likeness (QED) is 0.725. The van der Waals surface area contributed by atoms with Crippen molar-refractivity contribution in [3.05, 3.63) is 34.9 Å². The molecule has 1 atom stereocenters. The molecule has 2 rings (SSSR count). The van der Waals surface area contributed by atoms with E-state index in [0.29, 0.717) is 6.04 Å². The second-order valence-electron chi connectivity index (χ2n) is 4.26. The minimum absolute atomic E-state index is 0.528. The number of hydrogen-bond acceptors (Lipinski definition) is 2. The maximum Gasteiger partial charge on any atom is 0.0472 e. The molecule has 0 saturated heterocycles. The van der Waals surface area contributed by atoms with Gasteiger partial charge in [0.1, 0.15) is 0 Å². The monoisotopic (exact) mass is 190 g/mol. The Morgan fingerprint density at radius 1 is 1.36 bits per heavy atom. The van der Waals surface area contributed by atoms with Gasteiger partial charge in [0.25, 0.3) is 0 Å². The molecule has 76 valence electrons. The van der Waals surface area contributed by atoms with Gasteiger partial charge in [-0.1, -0.05) is 18.2 Å². The molecule has 1 aliphatic heterocycles. The SMILES string of the molecule is Cc1cccc2c1[C@@H](N(C)C)CNC2. The molecule has 1 aromatic carbocycles. The maximum absolute atomic E-state index is 3.46. The fourth-order valence-corrected chi connectivity index (χ4v) is 2.26. The zero-order valence-electron chi connectivity index (χ0n) is 9.17. The van der Waals surface area contributed by atoms with Crippen LogP contribution in [-0.4, -0.2) is 25.5 Å². The van der Waals surface area contributed by atoms with Gasteiger partial charge in [-0.05, 0) is 37.7 Å². The highest BCUT2D eigenvalue weighted by atomic mass is 15.1. The Kier molecular flexibility index (Phi) is 2.57. The van der Waals surface area contributed by atoms with Crippen LogP contribution in [0.2, 0.25) is 0 Å². The third kappa shape index (κ3) is 1.56. The van der Waals surface area contributed by atoms with Gasteiger partial charge in [0.05, 0.1) is 0 Å². The smallest absolute Gasteiger partial charge is 0.0472 e. The topological polar surface area (TPSA) is 15.3 Å². The first-order valence-corrected chi connectivity index (χ1v) is 5.15. The Labute approximate surface area is 85.9 Å². The summed E-state index contributed by atoms with van der Waals surface area (Å²) in [5.74, 6) is 0. The third-order valence-electron chi connectivity index (χ3n) is 3.02. The molecule has 2 nitrogen and oxygen atoms in total. The van der Waals surface area contributed by atoms with Crippen LogP contribution >= 0.6 is 0 Å². The number of likely N-dealkylation sites (N-methyl/N-ethyl adjacent to an activating group) is 1. The van der Waals surface area contributed by atoms with Crippen LogP contribution in [0.1, 0.15) is 22.7 Å². The third-order valence-corrected chi connectivity index (χ3v) is 3.02. The molecule has 0 saturated carbocycles. The van der Waals surface area contributed by atoms with E-state index in [1.807, 2.05) is 0 Å². The van der Waals surface area contributed by atoms with E-state index in [4.69, 9.17) is 0 Å². The van der Waals surface area contributed by atoms with Crippen molar-refractivity contribution in [2.24, 2.45) is 0 Å². The molecule has 2 heteroatoms. The molecule has 0 amide bonds. The first-order chi connectivity index (χ1) is 6.70. The first-order valence-electron chi connectivity index (χ1n) is 5.15. The average Bonchev–Trinajstić information content (AvgIpc) is 2.17. The summed E-state index contributed by atoms with van der Waals surface area (Å²) in [5, 5.41) is 3.46. The highest BCUT2D eigenvalue weighted by Gasteiger charge is 2.22. The standard InChI is InChI=1S/C12H18N2/c1-9-5-4-6-10-7-13-8-11(12(9)10)14(2)3/h4-6,11,13H,7-8H2,1-3H3/t11-/m0/s1. The van der Waals surface area contributed by atoms with E-state index in [0.717, 1.165) is 13.1 Å². The number of rotatable bonds is 1. The average molecular weight is 190 g/mol. The molecule has 1 aromatic rings. The summed E-state index contributed by atoms with van der Waals surface area (Å²) in [6.45, 7) is 4.28. The predicted molar refractivity (Wildman–Crippen MR) is 59.3 cm³/mol. The molecular weight excluding hydrogens is 172 g/mol. The molecule has 1 N–H and O–H groups in total. The minimum atomic E-state index is 0.528. The van der Waals surface area contributed by atoms with Crippen LogP contribution in [-0.2, 0) is 6.54 Å². The lowest BCUT2D eigenvalue weighted by atomic mass is 9.92. The Balaban J connectivity index is 2.47. The Morgan fingerprint density at radius 3 is 2.86 bits per heavy atom. The van der Waals surface area contributed by atoms with Gasteiger partial charge in [-0.25, -0.2) is 0 Å². The van der Waals surface area contributed by atoms with Crippen molar-refractivity contribution in [1.29, 1.82) is 0 Å². The van der Waals surface area contributed by atoms with Crippen molar-refractivity contribution in [2.75, 3.05) is 20.6 Å². The summed E-state index contributed by atoms with van der Waals surface area (Å²) < 4.78 is 0. The van der Waals surface area contributed by atoms with Gasteiger partial charge in [-0.3, -0.25) is 0 Å². The van der Waals surface area contributed by atoms with Crippen LogP contribution in [0.25, 0.3) is 0 Å². The summed E-state index contributed by atoms with van der Waals surface area (Å²) in [5.41, 5.74) is 4.40.